The molecule has 1 saturated carbocycles. The van der Waals surface area contributed by atoms with Crippen LogP contribution in [-0.4, -0.2) is 25.8 Å². The summed E-state index contributed by atoms with van der Waals surface area (Å²) in [5.74, 6) is 1.69. The Bertz CT molecular complexity index is 2360. The molecule has 1 aliphatic rings. The number of ketones is 1. The van der Waals surface area contributed by atoms with Crippen molar-refractivity contribution in [3.63, 3.8) is 0 Å². The van der Waals surface area contributed by atoms with Crippen LogP contribution in [0.1, 0.15) is 127 Å². The second-order valence-electron chi connectivity index (χ2n) is 15.8. The Hall–Kier alpha value is -3.93. The Labute approximate surface area is 334 Å². The van der Waals surface area contributed by atoms with Crippen LogP contribution in [0.25, 0.3) is 55.0 Å². The third-order valence-corrected chi connectivity index (χ3v) is 12.6. The summed E-state index contributed by atoms with van der Waals surface area (Å²) in [7, 11) is 0. The smallest absolute Gasteiger partial charge is 0.216 e. The molecule has 7 heteroatoms. The Morgan fingerprint density at radius 3 is 2.17 bits per heavy atom. The van der Waals surface area contributed by atoms with E-state index in [1.165, 1.54) is 59.2 Å². The number of pyridine rings is 1. The molecule has 0 spiro atoms. The van der Waals surface area contributed by atoms with Crippen molar-refractivity contribution in [3.05, 3.63) is 88.6 Å². The first-order chi connectivity index (χ1) is 25.3. The fraction of sp³-hybridized carbons (Fsp3) is 0.447. The van der Waals surface area contributed by atoms with Gasteiger partial charge in [-0.15, -0.1) is 18.2 Å². The van der Waals surface area contributed by atoms with Gasteiger partial charge in [-0.3, -0.25) is 9.78 Å². The van der Waals surface area contributed by atoms with Gasteiger partial charge in [0, 0.05) is 59.2 Å². The van der Waals surface area contributed by atoms with E-state index in [1.54, 1.807) is 0 Å². The number of aryl methyl sites for hydroxylation is 4. The molecular formula is C47H56IrN3O3-. The quantitative estimate of drug-likeness (QED) is 0.0673. The summed E-state index contributed by atoms with van der Waals surface area (Å²) in [5, 5.41) is 15.7. The number of hydrogen-bond acceptors (Lipinski definition) is 6. The van der Waals surface area contributed by atoms with Crippen LogP contribution in [0.4, 0.5) is 0 Å². The van der Waals surface area contributed by atoms with Crippen molar-refractivity contribution in [2.75, 3.05) is 0 Å². The van der Waals surface area contributed by atoms with E-state index in [9.17, 15) is 9.90 Å². The summed E-state index contributed by atoms with van der Waals surface area (Å²) in [6.07, 6.45) is 9.98. The average Bonchev–Trinajstić information content (AvgIpc) is 3.81. The van der Waals surface area contributed by atoms with E-state index in [4.69, 9.17) is 14.4 Å². The van der Waals surface area contributed by atoms with Crippen LogP contribution < -0.4 is 0 Å². The predicted molar refractivity (Wildman–Crippen MR) is 220 cm³/mol. The van der Waals surface area contributed by atoms with Crippen LogP contribution in [0.5, 0.6) is 0 Å². The first kappa shape index (κ1) is 41.2. The fourth-order valence-electron chi connectivity index (χ4n) is 8.19. The minimum atomic E-state index is -0.337. The normalized spacial score (nSPS) is 14.1. The van der Waals surface area contributed by atoms with Crippen LogP contribution >= 0.6 is 0 Å². The number of carbonyl (C=O) groups excluding carboxylic acids is 1. The van der Waals surface area contributed by atoms with Crippen LogP contribution in [0, 0.1) is 44.6 Å². The number of fused-ring (bicyclic) bond motifs is 6. The van der Waals surface area contributed by atoms with Gasteiger partial charge in [-0.05, 0) is 112 Å². The van der Waals surface area contributed by atoms with E-state index in [-0.39, 0.29) is 42.5 Å². The fourth-order valence-corrected chi connectivity index (χ4v) is 8.19. The molecule has 287 valence electrons. The van der Waals surface area contributed by atoms with Crippen LogP contribution in [0.2, 0.25) is 0 Å². The molecule has 3 aromatic carbocycles. The minimum Gasteiger partial charge on any atom is -0.512 e. The second-order valence-corrected chi connectivity index (χ2v) is 15.8. The molecule has 3 heterocycles. The van der Waals surface area contributed by atoms with Gasteiger partial charge in [0.25, 0.3) is 0 Å². The zero-order valence-electron chi connectivity index (χ0n) is 33.8. The number of allylic oxidation sites excluding steroid dienone is 2. The van der Waals surface area contributed by atoms with Crippen LogP contribution in [-0.2, 0) is 24.9 Å². The summed E-state index contributed by atoms with van der Waals surface area (Å²) in [5.41, 5.74) is 8.80. The zero-order chi connectivity index (χ0) is 38.2. The van der Waals surface area contributed by atoms with E-state index < -0.39 is 0 Å². The molecule has 0 aliphatic heterocycles. The number of aliphatic hydroxyl groups is 1. The Balaban J connectivity index is 0.000000267. The van der Waals surface area contributed by atoms with E-state index in [0.29, 0.717) is 11.6 Å². The Morgan fingerprint density at radius 2 is 1.52 bits per heavy atom. The van der Waals surface area contributed by atoms with Gasteiger partial charge >= 0.3 is 0 Å². The maximum Gasteiger partial charge on any atom is 0.216 e. The zero-order valence-corrected chi connectivity index (χ0v) is 36.2. The first-order valence-electron chi connectivity index (χ1n) is 19.7. The molecule has 1 fully saturated rings. The predicted octanol–water partition coefficient (Wildman–Crippen LogP) is 13.1. The molecule has 1 radical (unpaired) electrons. The summed E-state index contributed by atoms with van der Waals surface area (Å²) >= 11 is 0. The number of nitrogens with zero attached hydrogens (tertiary/aromatic N) is 3. The molecule has 0 bridgehead atoms. The van der Waals surface area contributed by atoms with Crippen LogP contribution in [0.3, 0.4) is 0 Å². The third kappa shape index (κ3) is 7.51. The van der Waals surface area contributed by atoms with Gasteiger partial charge in [0.1, 0.15) is 11.6 Å². The molecule has 3 aromatic heterocycles. The van der Waals surface area contributed by atoms with Gasteiger partial charge in [0.2, 0.25) is 5.71 Å². The topological polar surface area (TPSA) is 89.1 Å². The largest absolute Gasteiger partial charge is 0.512 e. The van der Waals surface area contributed by atoms with Crippen molar-refractivity contribution >= 4 is 49.5 Å². The number of aromatic nitrogens is 3. The molecule has 0 amide bonds. The number of furan rings is 1. The monoisotopic (exact) mass is 903 g/mol. The Morgan fingerprint density at radius 1 is 0.870 bits per heavy atom. The standard InChI is InChI=1S/C32H28N3O.C15H28O2.Ir/c1-17-16-22-13-15-25-29(26-11-7-10-23-24-14-12-18(2)33-32(24)36-31(23)26)34-20(4)35-30(25)28(22)19(3)27(17)21-8-5-6-9-21;1-7-14(5,8-2)12(16)11-13(17)15(6,9-3)10-4;/h7,10,12-16,21H,5-6,8-9H2,1-4H3;11,16H,7-10H2,1-6H3;/q-1;;/b;12-11-;. The summed E-state index contributed by atoms with van der Waals surface area (Å²) in [6.45, 7) is 20.6. The van der Waals surface area contributed by atoms with Crippen LogP contribution in [0.15, 0.2) is 58.7 Å². The molecule has 0 atom stereocenters. The van der Waals surface area contributed by atoms with Crippen molar-refractivity contribution in [2.45, 2.75) is 127 Å². The maximum atomic E-state index is 12.2. The second kappa shape index (κ2) is 16.4. The summed E-state index contributed by atoms with van der Waals surface area (Å²) < 4.78 is 6.32. The Kier molecular flexibility index (Phi) is 12.5. The van der Waals surface area contributed by atoms with Crippen molar-refractivity contribution in [3.8, 4) is 11.3 Å². The number of carbonyl (C=O) groups is 1. The van der Waals surface area contributed by atoms with Crippen molar-refractivity contribution in [1.82, 2.24) is 15.0 Å². The summed E-state index contributed by atoms with van der Waals surface area (Å²) in [6, 6.07) is 18.3. The van der Waals surface area contributed by atoms with Gasteiger partial charge in [0.05, 0.1) is 11.1 Å². The SMILES string of the molecule is CCC(C)(CC)C(=O)/C=C(\O)C(C)(CC)CC.Cc1ccc2c(n1)oc1c(-c3nc(C)nc4c3ccc3cc(C)c(C5CCCC5)c(C)c34)[c-]ccc12.[Ir]. The van der Waals surface area contributed by atoms with Crippen molar-refractivity contribution < 1.29 is 34.4 Å². The van der Waals surface area contributed by atoms with Gasteiger partial charge in [-0.1, -0.05) is 83.5 Å². The molecule has 1 N–H and O–H groups in total. The molecule has 54 heavy (non-hydrogen) atoms. The number of hydrogen-bond donors (Lipinski definition) is 1. The van der Waals surface area contributed by atoms with Crippen molar-refractivity contribution in [1.29, 1.82) is 0 Å². The van der Waals surface area contributed by atoms with Gasteiger partial charge < -0.3 is 9.52 Å². The molecule has 1 aliphatic carbocycles. The molecule has 6 nitrogen and oxygen atoms in total. The van der Waals surface area contributed by atoms with E-state index in [2.05, 4.69) is 49.2 Å². The first-order valence-corrected chi connectivity index (χ1v) is 19.7. The number of rotatable bonds is 9. The van der Waals surface area contributed by atoms with E-state index in [1.807, 2.05) is 73.6 Å². The maximum absolute atomic E-state index is 12.2. The number of aliphatic hydroxyl groups excluding tert-OH is 1. The molecule has 0 unspecified atom stereocenters. The van der Waals surface area contributed by atoms with Crippen molar-refractivity contribution in [2.24, 2.45) is 10.8 Å². The van der Waals surface area contributed by atoms with Gasteiger partial charge in [-0.25, -0.2) is 9.97 Å². The molecule has 0 saturated heterocycles. The van der Waals surface area contributed by atoms with E-state index >= 15 is 0 Å². The third-order valence-electron chi connectivity index (χ3n) is 12.6. The van der Waals surface area contributed by atoms with E-state index in [0.717, 1.165) is 75.7 Å². The average molecular weight is 903 g/mol. The van der Waals surface area contributed by atoms with Gasteiger partial charge in [0.15, 0.2) is 5.78 Å². The minimum absolute atomic E-state index is 0. The number of benzene rings is 3. The molecule has 7 rings (SSSR count). The van der Waals surface area contributed by atoms with Gasteiger partial charge in [-0.2, -0.15) is 0 Å². The summed E-state index contributed by atoms with van der Waals surface area (Å²) in [4.78, 5) is 26.8. The molecular weight excluding hydrogens is 847 g/mol. The molecule has 6 aromatic rings.